The number of halogens is 1. The van der Waals surface area contributed by atoms with Gasteiger partial charge in [-0.05, 0) is 65.2 Å². The fourth-order valence-electron chi connectivity index (χ4n) is 2.97. The van der Waals surface area contributed by atoms with Gasteiger partial charge in [-0.3, -0.25) is 4.79 Å². The Kier molecular flexibility index (Phi) is 4.60. The van der Waals surface area contributed by atoms with E-state index in [0.717, 1.165) is 16.6 Å². The van der Waals surface area contributed by atoms with Gasteiger partial charge in [0.15, 0.2) is 5.82 Å². The second kappa shape index (κ2) is 7.20. The second-order valence-corrected chi connectivity index (χ2v) is 6.59. The maximum absolute atomic E-state index is 12.4. The van der Waals surface area contributed by atoms with Crippen LogP contribution in [-0.4, -0.2) is 37.2 Å². The summed E-state index contributed by atoms with van der Waals surface area (Å²) in [4.78, 5) is 12.4. The van der Waals surface area contributed by atoms with Gasteiger partial charge in [0, 0.05) is 35.4 Å². The zero-order chi connectivity index (χ0) is 18.8. The van der Waals surface area contributed by atoms with Crippen LogP contribution in [0.4, 0.5) is 0 Å². The lowest BCUT2D eigenvalue weighted by molar-refractivity contribution is 0.0952. The van der Waals surface area contributed by atoms with Gasteiger partial charge in [0.1, 0.15) is 0 Å². The van der Waals surface area contributed by atoms with Crippen molar-refractivity contribution in [3.05, 3.63) is 71.1 Å². The highest BCUT2D eigenvalue weighted by molar-refractivity contribution is 6.31. The Balaban J connectivity index is 1.39. The van der Waals surface area contributed by atoms with Crippen molar-refractivity contribution in [2.24, 2.45) is 0 Å². The van der Waals surface area contributed by atoms with E-state index in [0.29, 0.717) is 29.5 Å². The fourth-order valence-corrected chi connectivity index (χ4v) is 3.13. The number of aryl methyl sites for hydroxylation is 1. The molecule has 1 amide bonds. The third-order valence-corrected chi connectivity index (χ3v) is 4.61. The molecule has 7 nitrogen and oxygen atoms in total. The van der Waals surface area contributed by atoms with Gasteiger partial charge in [0.05, 0.1) is 5.69 Å². The summed E-state index contributed by atoms with van der Waals surface area (Å²) in [7, 11) is 0. The smallest absolute Gasteiger partial charge is 0.251 e. The molecule has 4 aromatic rings. The van der Waals surface area contributed by atoms with Gasteiger partial charge < -0.3 is 9.88 Å². The summed E-state index contributed by atoms with van der Waals surface area (Å²) in [5.74, 6) is 0.565. The molecule has 0 aliphatic rings. The molecular formula is C19H17ClN6O. The number of amides is 1. The Morgan fingerprint density at radius 2 is 1.96 bits per heavy atom. The van der Waals surface area contributed by atoms with Crippen molar-refractivity contribution in [2.75, 3.05) is 6.54 Å². The summed E-state index contributed by atoms with van der Waals surface area (Å²) in [5.41, 5.74) is 2.45. The Morgan fingerprint density at radius 1 is 1.15 bits per heavy atom. The van der Waals surface area contributed by atoms with Crippen molar-refractivity contribution in [3.8, 4) is 5.69 Å². The molecule has 2 heterocycles. The molecule has 0 aliphatic carbocycles. The van der Waals surface area contributed by atoms with Gasteiger partial charge in [0.2, 0.25) is 0 Å². The number of rotatable bonds is 5. The molecule has 0 spiro atoms. The minimum Gasteiger partial charge on any atom is -0.350 e. The Morgan fingerprint density at radius 3 is 2.70 bits per heavy atom. The summed E-state index contributed by atoms with van der Waals surface area (Å²) in [6, 6.07) is 15.0. The van der Waals surface area contributed by atoms with Crippen molar-refractivity contribution in [3.63, 3.8) is 0 Å². The van der Waals surface area contributed by atoms with Crippen molar-refractivity contribution < 1.29 is 4.79 Å². The molecule has 0 radical (unpaired) electrons. The molecule has 136 valence electrons. The quantitative estimate of drug-likeness (QED) is 0.577. The zero-order valence-electron chi connectivity index (χ0n) is 14.6. The first-order valence-electron chi connectivity index (χ1n) is 8.50. The number of nitrogens with one attached hydrogen (secondary N) is 1. The van der Waals surface area contributed by atoms with Crippen LogP contribution >= 0.6 is 11.6 Å². The third kappa shape index (κ3) is 3.54. The topological polar surface area (TPSA) is 77.6 Å². The van der Waals surface area contributed by atoms with E-state index in [1.807, 2.05) is 49.5 Å². The maximum atomic E-state index is 12.4. The molecule has 0 unspecified atom stereocenters. The minimum atomic E-state index is -0.121. The molecule has 0 saturated carbocycles. The van der Waals surface area contributed by atoms with E-state index in [1.165, 1.54) is 0 Å². The van der Waals surface area contributed by atoms with Crippen molar-refractivity contribution in [2.45, 2.75) is 13.5 Å². The van der Waals surface area contributed by atoms with Crippen LogP contribution in [0.3, 0.4) is 0 Å². The van der Waals surface area contributed by atoms with Crippen LogP contribution in [0.2, 0.25) is 5.02 Å². The molecule has 0 fully saturated rings. The third-order valence-electron chi connectivity index (χ3n) is 4.37. The average Bonchev–Trinajstić information content (AvgIpc) is 3.28. The lowest BCUT2D eigenvalue weighted by Gasteiger charge is -2.09. The Bertz CT molecular complexity index is 1100. The number of nitrogens with zero attached hydrogens (tertiary/aromatic N) is 5. The fraction of sp³-hybridized carbons (Fsp3) is 0.158. The van der Waals surface area contributed by atoms with Gasteiger partial charge in [-0.2, -0.15) is 4.68 Å². The van der Waals surface area contributed by atoms with Crippen LogP contribution in [0.5, 0.6) is 0 Å². The Labute approximate surface area is 160 Å². The molecule has 0 atom stereocenters. The number of tetrazole rings is 1. The molecule has 0 aliphatic heterocycles. The molecule has 27 heavy (non-hydrogen) atoms. The monoisotopic (exact) mass is 380 g/mol. The maximum Gasteiger partial charge on any atom is 0.251 e. The summed E-state index contributed by atoms with van der Waals surface area (Å²) in [5, 5.41) is 16.2. The van der Waals surface area contributed by atoms with E-state index >= 15 is 0 Å². The van der Waals surface area contributed by atoms with Gasteiger partial charge in [-0.1, -0.05) is 17.7 Å². The van der Waals surface area contributed by atoms with E-state index in [1.54, 1.807) is 16.8 Å². The van der Waals surface area contributed by atoms with Crippen LogP contribution < -0.4 is 5.32 Å². The first kappa shape index (κ1) is 17.2. The van der Waals surface area contributed by atoms with Crippen LogP contribution in [0.1, 0.15) is 16.2 Å². The SMILES string of the molecule is Cc1nnnn1-c1ccc(C(=O)NCCn2ccc3ccc(Cl)cc32)cc1. The number of carbonyl (C=O) groups excluding carboxylic acids is 1. The predicted molar refractivity (Wildman–Crippen MR) is 103 cm³/mol. The molecule has 4 rings (SSSR count). The highest BCUT2D eigenvalue weighted by Crippen LogP contribution is 2.20. The van der Waals surface area contributed by atoms with Crippen LogP contribution in [0.25, 0.3) is 16.6 Å². The molecule has 0 bridgehead atoms. The standard InChI is InChI=1S/C19H17ClN6O/c1-13-22-23-24-26(13)17-6-3-15(4-7-17)19(27)21-9-11-25-10-8-14-2-5-16(20)12-18(14)25/h2-8,10,12H,9,11H2,1H3,(H,21,27). The number of carbonyl (C=O) groups is 1. The second-order valence-electron chi connectivity index (χ2n) is 6.15. The number of hydrogen-bond donors (Lipinski definition) is 1. The minimum absolute atomic E-state index is 0.121. The lowest BCUT2D eigenvalue weighted by atomic mass is 10.2. The summed E-state index contributed by atoms with van der Waals surface area (Å²) in [6.45, 7) is 3.00. The first-order chi connectivity index (χ1) is 13.1. The van der Waals surface area contributed by atoms with E-state index in [9.17, 15) is 4.79 Å². The largest absolute Gasteiger partial charge is 0.350 e. The van der Waals surface area contributed by atoms with Gasteiger partial charge >= 0.3 is 0 Å². The van der Waals surface area contributed by atoms with E-state index in [2.05, 4.69) is 25.4 Å². The number of aromatic nitrogens is 5. The molecule has 8 heteroatoms. The normalized spacial score (nSPS) is 11.0. The number of fused-ring (bicyclic) bond motifs is 1. The number of hydrogen-bond acceptors (Lipinski definition) is 4. The summed E-state index contributed by atoms with van der Waals surface area (Å²) >= 11 is 6.07. The molecular weight excluding hydrogens is 364 g/mol. The van der Waals surface area contributed by atoms with Crippen LogP contribution in [0, 0.1) is 6.92 Å². The predicted octanol–water partition coefficient (Wildman–Crippen LogP) is 3.01. The van der Waals surface area contributed by atoms with E-state index in [4.69, 9.17) is 11.6 Å². The number of benzene rings is 2. The summed E-state index contributed by atoms with van der Waals surface area (Å²) < 4.78 is 3.69. The van der Waals surface area contributed by atoms with Crippen molar-refractivity contribution >= 4 is 28.4 Å². The zero-order valence-corrected chi connectivity index (χ0v) is 15.4. The highest BCUT2D eigenvalue weighted by Gasteiger charge is 2.08. The van der Waals surface area contributed by atoms with Crippen LogP contribution in [-0.2, 0) is 6.54 Å². The highest BCUT2D eigenvalue weighted by atomic mass is 35.5. The van der Waals surface area contributed by atoms with Gasteiger partial charge in [-0.25, -0.2) is 0 Å². The van der Waals surface area contributed by atoms with E-state index < -0.39 is 0 Å². The van der Waals surface area contributed by atoms with E-state index in [-0.39, 0.29) is 5.91 Å². The van der Waals surface area contributed by atoms with Crippen molar-refractivity contribution in [1.82, 2.24) is 30.1 Å². The average molecular weight is 381 g/mol. The lowest BCUT2D eigenvalue weighted by Crippen LogP contribution is -2.27. The van der Waals surface area contributed by atoms with Gasteiger partial charge in [-0.15, -0.1) is 5.10 Å². The first-order valence-corrected chi connectivity index (χ1v) is 8.87. The molecule has 2 aromatic heterocycles. The Hall–Kier alpha value is -3.19. The van der Waals surface area contributed by atoms with Crippen molar-refractivity contribution in [1.29, 1.82) is 0 Å². The molecule has 2 aromatic carbocycles. The van der Waals surface area contributed by atoms with Crippen LogP contribution in [0.15, 0.2) is 54.7 Å². The summed E-state index contributed by atoms with van der Waals surface area (Å²) in [6.07, 6.45) is 2.00. The molecule has 0 saturated heterocycles. The van der Waals surface area contributed by atoms with Gasteiger partial charge in [0.25, 0.3) is 5.91 Å². The molecule has 1 N–H and O–H groups in total.